The molecule has 1 aromatic carbocycles. The Balaban J connectivity index is 2.31. The van der Waals surface area contributed by atoms with Crippen LogP contribution in [0.2, 0.25) is 0 Å². The zero-order valence-electron chi connectivity index (χ0n) is 10.2. The van der Waals surface area contributed by atoms with Gasteiger partial charge in [0.05, 0.1) is 0 Å². The van der Waals surface area contributed by atoms with E-state index in [1.54, 1.807) is 12.4 Å². The molecule has 0 aliphatic rings. The monoisotopic (exact) mass is 229 g/mol. The number of nitrogens with one attached hydrogen (secondary N) is 2. The fourth-order valence-electron chi connectivity index (χ4n) is 2.04. The van der Waals surface area contributed by atoms with Gasteiger partial charge in [0.25, 0.3) is 5.91 Å². The minimum atomic E-state index is -0.130. The first-order chi connectivity index (χ1) is 8.08. The quantitative estimate of drug-likeness (QED) is 0.831. The van der Waals surface area contributed by atoms with Gasteiger partial charge in [0, 0.05) is 18.0 Å². The maximum Gasteiger partial charge on any atom is 0.258 e. The average molecular weight is 229 g/mol. The van der Waals surface area contributed by atoms with Gasteiger partial charge in [-0.2, -0.15) is 0 Å². The fraction of sp³-hybridized carbons (Fsp3) is 0.231. The van der Waals surface area contributed by atoms with Gasteiger partial charge >= 0.3 is 0 Å². The lowest BCUT2D eigenvalue weighted by atomic mass is 9.99. The van der Waals surface area contributed by atoms with E-state index >= 15 is 0 Å². The van der Waals surface area contributed by atoms with Crippen LogP contribution in [0.4, 0.5) is 5.95 Å². The standard InChI is InChI=1S/C13H15N3O/c1-8-6-9(2)11(10(3)7-8)12(17)16-13-14-4-5-15-13/h4-7H,1-3H3,(H2,14,15,16,17). The first kappa shape index (κ1) is 11.4. The zero-order chi connectivity index (χ0) is 12.4. The fourth-order valence-corrected chi connectivity index (χ4v) is 2.04. The van der Waals surface area contributed by atoms with E-state index in [2.05, 4.69) is 15.3 Å². The summed E-state index contributed by atoms with van der Waals surface area (Å²) in [6.07, 6.45) is 3.27. The molecule has 17 heavy (non-hydrogen) atoms. The van der Waals surface area contributed by atoms with Crippen LogP contribution in [0.1, 0.15) is 27.0 Å². The molecule has 1 aromatic heterocycles. The summed E-state index contributed by atoms with van der Waals surface area (Å²) in [5.74, 6) is 0.337. The van der Waals surface area contributed by atoms with Crippen LogP contribution in [-0.2, 0) is 0 Å². The highest BCUT2D eigenvalue weighted by molar-refractivity contribution is 6.05. The molecular formula is C13H15N3O. The van der Waals surface area contributed by atoms with Gasteiger partial charge in [-0.3, -0.25) is 10.1 Å². The molecule has 2 rings (SSSR count). The third kappa shape index (κ3) is 2.36. The Morgan fingerprint density at radius 2 is 1.88 bits per heavy atom. The van der Waals surface area contributed by atoms with Crippen molar-refractivity contribution in [3.05, 3.63) is 46.8 Å². The van der Waals surface area contributed by atoms with Crippen LogP contribution < -0.4 is 5.32 Å². The molecule has 0 saturated carbocycles. The van der Waals surface area contributed by atoms with Crippen LogP contribution in [0.3, 0.4) is 0 Å². The van der Waals surface area contributed by atoms with E-state index in [0.29, 0.717) is 11.5 Å². The summed E-state index contributed by atoms with van der Waals surface area (Å²) in [6.45, 7) is 5.91. The molecule has 4 nitrogen and oxygen atoms in total. The maximum atomic E-state index is 12.1. The normalized spacial score (nSPS) is 10.3. The summed E-state index contributed by atoms with van der Waals surface area (Å²) >= 11 is 0. The minimum absolute atomic E-state index is 0.130. The number of hydrogen-bond acceptors (Lipinski definition) is 2. The highest BCUT2D eigenvalue weighted by atomic mass is 16.1. The van der Waals surface area contributed by atoms with Crippen LogP contribution in [0.15, 0.2) is 24.5 Å². The number of anilines is 1. The van der Waals surface area contributed by atoms with Gasteiger partial charge in [0.2, 0.25) is 5.95 Å². The van der Waals surface area contributed by atoms with E-state index in [1.165, 1.54) is 0 Å². The maximum absolute atomic E-state index is 12.1. The lowest BCUT2D eigenvalue weighted by molar-refractivity contribution is 0.102. The van der Waals surface area contributed by atoms with Crippen molar-refractivity contribution >= 4 is 11.9 Å². The van der Waals surface area contributed by atoms with Crippen molar-refractivity contribution in [1.82, 2.24) is 9.97 Å². The second-order valence-corrected chi connectivity index (χ2v) is 4.17. The van der Waals surface area contributed by atoms with Crippen molar-refractivity contribution in [3.63, 3.8) is 0 Å². The van der Waals surface area contributed by atoms with Gasteiger partial charge in [-0.05, 0) is 31.9 Å². The number of benzene rings is 1. The number of imidazole rings is 1. The van der Waals surface area contributed by atoms with Crippen molar-refractivity contribution in [3.8, 4) is 0 Å². The summed E-state index contributed by atoms with van der Waals surface area (Å²) in [7, 11) is 0. The number of aromatic amines is 1. The lowest BCUT2D eigenvalue weighted by Gasteiger charge is -2.10. The highest BCUT2D eigenvalue weighted by Crippen LogP contribution is 2.17. The number of rotatable bonds is 2. The van der Waals surface area contributed by atoms with Crippen molar-refractivity contribution in [2.24, 2.45) is 0 Å². The minimum Gasteiger partial charge on any atom is -0.331 e. The lowest BCUT2D eigenvalue weighted by Crippen LogP contribution is -2.16. The Hall–Kier alpha value is -2.10. The second kappa shape index (κ2) is 4.41. The van der Waals surface area contributed by atoms with E-state index < -0.39 is 0 Å². The number of carbonyl (C=O) groups is 1. The van der Waals surface area contributed by atoms with E-state index in [4.69, 9.17) is 0 Å². The number of nitrogens with zero attached hydrogens (tertiary/aromatic N) is 1. The summed E-state index contributed by atoms with van der Waals surface area (Å²) in [5.41, 5.74) is 3.83. The number of H-pyrrole nitrogens is 1. The predicted octanol–water partition coefficient (Wildman–Crippen LogP) is 2.59. The molecule has 2 aromatic rings. The van der Waals surface area contributed by atoms with E-state index in [9.17, 15) is 4.79 Å². The van der Waals surface area contributed by atoms with Gasteiger partial charge in [0.15, 0.2) is 0 Å². The molecule has 1 heterocycles. The van der Waals surface area contributed by atoms with Gasteiger partial charge in [0.1, 0.15) is 0 Å². The van der Waals surface area contributed by atoms with Crippen molar-refractivity contribution < 1.29 is 4.79 Å². The third-order valence-corrected chi connectivity index (χ3v) is 2.63. The number of amides is 1. The first-order valence-corrected chi connectivity index (χ1v) is 5.46. The Kier molecular flexibility index (Phi) is 2.95. The van der Waals surface area contributed by atoms with Crippen LogP contribution in [0.5, 0.6) is 0 Å². The molecule has 0 radical (unpaired) electrons. The number of aromatic nitrogens is 2. The van der Waals surface area contributed by atoms with E-state index in [1.807, 2.05) is 32.9 Å². The average Bonchev–Trinajstić information content (AvgIpc) is 2.68. The largest absolute Gasteiger partial charge is 0.331 e. The number of hydrogen-bond donors (Lipinski definition) is 2. The Morgan fingerprint density at radius 3 is 2.41 bits per heavy atom. The topological polar surface area (TPSA) is 57.8 Å². The molecule has 0 saturated heterocycles. The van der Waals surface area contributed by atoms with E-state index in [0.717, 1.165) is 16.7 Å². The molecule has 0 spiro atoms. The van der Waals surface area contributed by atoms with Crippen LogP contribution in [-0.4, -0.2) is 15.9 Å². The van der Waals surface area contributed by atoms with Crippen LogP contribution in [0, 0.1) is 20.8 Å². The van der Waals surface area contributed by atoms with Crippen LogP contribution in [0.25, 0.3) is 0 Å². The number of aryl methyl sites for hydroxylation is 3. The van der Waals surface area contributed by atoms with Crippen molar-refractivity contribution in [1.29, 1.82) is 0 Å². The molecular weight excluding hydrogens is 214 g/mol. The summed E-state index contributed by atoms with van der Waals surface area (Å²) in [6, 6.07) is 4.01. The van der Waals surface area contributed by atoms with Crippen LogP contribution >= 0.6 is 0 Å². The smallest absolute Gasteiger partial charge is 0.258 e. The van der Waals surface area contributed by atoms with E-state index in [-0.39, 0.29) is 5.91 Å². The second-order valence-electron chi connectivity index (χ2n) is 4.17. The molecule has 0 atom stereocenters. The Labute approximate surface area is 100 Å². The molecule has 0 bridgehead atoms. The number of carbonyl (C=O) groups excluding carboxylic acids is 1. The van der Waals surface area contributed by atoms with Gasteiger partial charge < -0.3 is 4.98 Å². The SMILES string of the molecule is Cc1cc(C)c(C(=O)Nc2ncc[nH]2)c(C)c1. The summed E-state index contributed by atoms with van der Waals surface area (Å²) in [5, 5.41) is 2.73. The molecule has 0 aliphatic carbocycles. The molecule has 1 amide bonds. The zero-order valence-corrected chi connectivity index (χ0v) is 10.2. The van der Waals surface area contributed by atoms with Gasteiger partial charge in [-0.25, -0.2) is 4.98 Å². The molecule has 2 N–H and O–H groups in total. The summed E-state index contributed by atoms with van der Waals surface area (Å²) < 4.78 is 0. The molecule has 0 unspecified atom stereocenters. The Morgan fingerprint density at radius 1 is 1.24 bits per heavy atom. The van der Waals surface area contributed by atoms with Crippen molar-refractivity contribution in [2.75, 3.05) is 5.32 Å². The highest BCUT2D eigenvalue weighted by Gasteiger charge is 2.13. The first-order valence-electron chi connectivity index (χ1n) is 5.46. The van der Waals surface area contributed by atoms with Gasteiger partial charge in [-0.1, -0.05) is 17.7 Å². The molecule has 4 heteroatoms. The summed E-state index contributed by atoms with van der Waals surface area (Å²) in [4.78, 5) is 18.9. The van der Waals surface area contributed by atoms with Crippen molar-refractivity contribution in [2.45, 2.75) is 20.8 Å². The third-order valence-electron chi connectivity index (χ3n) is 2.63. The molecule has 0 fully saturated rings. The predicted molar refractivity (Wildman–Crippen MR) is 67.2 cm³/mol. The molecule has 88 valence electrons. The molecule has 0 aliphatic heterocycles. The van der Waals surface area contributed by atoms with Gasteiger partial charge in [-0.15, -0.1) is 0 Å². The Bertz CT molecular complexity index is 521.